The van der Waals surface area contributed by atoms with Crippen LogP contribution < -0.4 is 10.1 Å². The minimum Gasteiger partial charge on any atom is -0.494 e. The van der Waals surface area contributed by atoms with Crippen molar-refractivity contribution in [3.05, 3.63) is 29.8 Å². The van der Waals surface area contributed by atoms with Crippen molar-refractivity contribution in [3.8, 4) is 5.75 Å². The van der Waals surface area contributed by atoms with Gasteiger partial charge in [0.15, 0.2) is 15.8 Å². The molecule has 0 aliphatic carbocycles. The predicted octanol–water partition coefficient (Wildman–Crippen LogP) is 3.46. The fourth-order valence-electron chi connectivity index (χ4n) is 2.98. The molecule has 1 heterocycles. The van der Waals surface area contributed by atoms with E-state index in [2.05, 4.69) is 12.2 Å². The Bertz CT molecular complexity index is 751. The summed E-state index contributed by atoms with van der Waals surface area (Å²) in [7, 11) is -3.07. The van der Waals surface area contributed by atoms with E-state index in [0.29, 0.717) is 19.6 Å². The number of unbranched alkanes of at least 4 members (excludes halogenated alkanes) is 1. The van der Waals surface area contributed by atoms with Crippen LogP contribution >= 0.6 is 24.0 Å². The van der Waals surface area contributed by atoms with E-state index >= 15 is 0 Å². The van der Waals surface area contributed by atoms with Gasteiger partial charge >= 0.3 is 0 Å². The molecule has 28 heavy (non-hydrogen) atoms. The van der Waals surface area contributed by atoms with Crippen LogP contribution in [-0.2, 0) is 16.4 Å². The first-order valence-electron chi connectivity index (χ1n) is 9.76. The Morgan fingerprint density at radius 3 is 2.71 bits per heavy atom. The van der Waals surface area contributed by atoms with Crippen LogP contribution in [0.2, 0.25) is 0 Å². The molecular weight excluding hydrogens is 489 g/mol. The van der Waals surface area contributed by atoms with E-state index in [1.165, 1.54) is 0 Å². The quantitative estimate of drug-likeness (QED) is 0.257. The first-order chi connectivity index (χ1) is 12.8. The number of nitrogens with zero attached hydrogens (tertiary/aromatic N) is 2. The third kappa shape index (κ3) is 6.79. The molecule has 1 N–H and O–H groups in total. The number of rotatable bonds is 7. The molecule has 1 aromatic rings. The van der Waals surface area contributed by atoms with Crippen molar-refractivity contribution >= 4 is 39.8 Å². The molecule has 0 aromatic heterocycles. The van der Waals surface area contributed by atoms with Crippen molar-refractivity contribution in [2.75, 3.05) is 32.0 Å². The molecule has 1 saturated heterocycles. The Balaban J connectivity index is 0.00000392. The van der Waals surface area contributed by atoms with Crippen molar-refractivity contribution in [1.29, 1.82) is 0 Å². The number of halogens is 1. The van der Waals surface area contributed by atoms with E-state index in [-0.39, 0.29) is 29.7 Å². The van der Waals surface area contributed by atoms with Crippen LogP contribution in [0.25, 0.3) is 0 Å². The molecule has 0 bridgehead atoms. The number of nitrogens with one attached hydrogen (secondary N) is 1. The lowest BCUT2D eigenvalue weighted by Gasteiger charge is -2.39. The molecule has 0 spiro atoms. The molecule has 1 fully saturated rings. The third-order valence-electron chi connectivity index (χ3n) is 4.75. The normalized spacial score (nSPS) is 18.3. The predicted molar refractivity (Wildman–Crippen MR) is 127 cm³/mol. The first kappa shape index (κ1) is 25.0. The highest BCUT2D eigenvalue weighted by Crippen LogP contribution is 2.24. The van der Waals surface area contributed by atoms with Crippen molar-refractivity contribution in [3.63, 3.8) is 0 Å². The van der Waals surface area contributed by atoms with Gasteiger partial charge in [-0.2, -0.15) is 0 Å². The summed E-state index contributed by atoms with van der Waals surface area (Å²) in [6.45, 7) is 10.6. The summed E-state index contributed by atoms with van der Waals surface area (Å²) in [4.78, 5) is 6.79. The summed E-state index contributed by atoms with van der Waals surface area (Å²) in [5, 5.41) is 3.29. The van der Waals surface area contributed by atoms with Gasteiger partial charge in [-0.15, -0.1) is 24.0 Å². The summed E-state index contributed by atoms with van der Waals surface area (Å²) < 4.78 is 29.5. The largest absolute Gasteiger partial charge is 0.494 e. The number of ether oxygens (including phenoxy) is 1. The number of sulfone groups is 1. The SMILES string of the molecule is CCCCOc1cccc(CN=C(NCC)N2CCS(=O)(=O)C(C)(C)C2)c1.I. The summed E-state index contributed by atoms with van der Waals surface area (Å²) in [6, 6.07) is 8.00. The lowest BCUT2D eigenvalue weighted by Crippen LogP contribution is -2.57. The third-order valence-corrected chi connectivity index (χ3v) is 7.29. The lowest BCUT2D eigenvalue weighted by atomic mass is 10.2. The average molecular weight is 523 g/mol. The Morgan fingerprint density at radius 2 is 2.07 bits per heavy atom. The molecule has 0 unspecified atom stereocenters. The topological polar surface area (TPSA) is 71.0 Å². The van der Waals surface area contributed by atoms with Gasteiger partial charge < -0.3 is 15.0 Å². The second-order valence-corrected chi connectivity index (χ2v) is 10.3. The van der Waals surface area contributed by atoms with Gasteiger partial charge in [0, 0.05) is 19.6 Å². The molecular formula is C20H34IN3O3S. The smallest absolute Gasteiger partial charge is 0.194 e. The second-order valence-electron chi connectivity index (χ2n) is 7.52. The van der Waals surface area contributed by atoms with E-state index in [0.717, 1.165) is 43.3 Å². The summed E-state index contributed by atoms with van der Waals surface area (Å²) in [5.74, 6) is 1.79. The molecule has 1 aromatic carbocycles. The highest BCUT2D eigenvalue weighted by atomic mass is 127. The van der Waals surface area contributed by atoms with E-state index in [9.17, 15) is 8.42 Å². The zero-order chi connectivity index (χ0) is 19.9. The maximum absolute atomic E-state index is 12.3. The summed E-state index contributed by atoms with van der Waals surface area (Å²) >= 11 is 0. The van der Waals surface area contributed by atoms with Gasteiger partial charge in [0.1, 0.15) is 5.75 Å². The summed E-state index contributed by atoms with van der Waals surface area (Å²) in [6.07, 6.45) is 2.15. The molecule has 160 valence electrons. The van der Waals surface area contributed by atoms with Gasteiger partial charge in [0.2, 0.25) is 0 Å². The number of guanidine groups is 1. The van der Waals surface area contributed by atoms with Crippen LogP contribution in [0.4, 0.5) is 0 Å². The van der Waals surface area contributed by atoms with Gasteiger partial charge in [-0.05, 0) is 44.9 Å². The number of benzene rings is 1. The molecule has 8 heteroatoms. The highest BCUT2D eigenvalue weighted by Gasteiger charge is 2.40. The molecule has 6 nitrogen and oxygen atoms in total. The maximum Gasteiger partial charge on any atom is 0.194 e. The van der Waals surface area contributed by atoms with Gasteiger partial charge in [-0.3, -0.25) is 0 Å². The van der Waals surface area contributed by atoms with Gasteiger partial charge in [-0.25, -0.2) is 13.4 Å². The minimum absolute atomic E-state index is 0. The van der Waals surface area contributed by atoms with Crippen molar-refractivity contribution < 1.29 is 13.2 Å². The standard InChI is InChI=1S/C20H33N3O3S.HI/c1-5-7-12-26-18-10-8-9-17(14-18)15-22-19(21-6-2)23-11-13-27(24,25)20(3,4)16-23;/h8-10,14H,5-7,11-13,15-16H2,1-4H3,(H,21,22);1H. The van der Waals surface area contributed by atoms with Crippen molar-refractivity contribution in [2.24, 2.45) is 4.99 Å². The van der Waals surface area contributed by atoms with Crippen molar-refractivity contribution in [2.45, 2.75) is 51.8 Å². The Hall–Kier alpha value is -1.03. The van der Waals surface area contributed by atoms with Crippen LogP contribution in [0.1, 0.15) is 46.1 Å². The van der Waals surface area contributed by atoms with Crippen molar-refractivity contribution in [1.82, 2.24) is 10.2 Å². The number of hydrogen-bond acceptors (Lipinski definition) is 4. The van der Waals surface area contributed by atoms with Gasteiger partial charge in [0.25, 0.3) is 0 Å². The lowest BCUT2D eigenvalue weighted by molar-refractivity contribution is 0.309. The Labute approximate surface area is 187 Å². The molecule has 2 rings (SSSR count). The fraction of sp³-hybridized carbons (Fsp3) is 0.650. The minimum atomic E-state index is -3.07. The molecule has 0 radical (unpaired) electrons. The zero-order valence-corrected chi connectivity index (χ0v) is 20.5. The van der Waals surface area contributed by atoms with Gasteiger partial charge in [0.05, 0.1) is 23.7 Å². The second kappa shape index (κ2) is 11.2. The molecule has 1 aliphatic heterocycles. The average Bonchev–Trinajstić information content (AvgIpc) is 2.62. The first-order valence-corrected chi connectivity index (χ1v) is 11.4. The number of aliphatic imine (C=N–C) groups is 1. The van der Waals surface area contributed by atoms with E-state index < -0.39 is 14.6 Å². The van der Waals surface area contributed by atoms with Crippen LogP contribution in [-0.4, -0.2) is 56.0 Å². The summed E-state index contributed by atoms with van der Waals surface area (Å²) in [5.41, 5.74) is 1.07. The van der Waals surface area contributed by atoms with Crippen LogP contribution in [0.3, 0.4) is 0 Å². The Kier molecular flexibility index (Phi) is 10.0. The van der Waals surface area contributed by atoms with E-state index in [1.807, 2.05) is 36.1 Å². The number of hydrogen-bond donors (Lipinski definition) is 1. The highest BCUT2D eigenvalue weighted by molar-refractivity contribution is 14.0. The fourth-order valence-corrected chi connectivity index (χ4v) is 4.35. The van der Waals surface area contributed by atoms with Crippen LogP contribution in [0, 0.1) is 0 Å². The maximum atomic E-state index is 12.3. The van der Waals surface area contributed by atoms with Crippen LogP contribution in [0.5, 0.6) is 5.75 Å². The van der Waals surface area contributed by atoms with Crippen LogP contribution in [0.15, 0.2) is 29.3 Å². The monoisotopic (exact) mass is 523 g/mol. The van der Waals surface area contributed by atoms with E-state index in [4.69, 9.17) is 9.73 Å². The molecule has 1 aliphatic rings. The van der Waals surface area contributed by atoms with E-state index in [1.54, 1.807) is 13.8 Å². The molecule has 0 saturated carbocycles. The van der Waals surface area contributed by atoms with Gasteiger partial charge in [-0.1, -0.05) is 25.5 Å². The zero-order valence-electron chi connectivity index (χ0n) is 17.4. The molecule has 0 atom stereocenters. The molecule has 0 amide bonds. The Morgan fingerprint density at radius 1 is 1.32 bits per heavy atom.